The second kappa shape index (κ2) is 6.21. The Balaban J connectivity index is 1.65. The predicted octanol–water partition coefficient (Wildman–Crippen LogP) is 3.54. The molecule has 0 radical (unpaired) electrons. The Kier molecular flexibility index (Phi) is 4.35. The van der Waals surface area contributed by atoms with Gasteiger partial charge < -0.3 is 0 Å². The monoisotopic (exact) mass is 273 g/mol. The average Bonchev–Trinajstić information content (AvgIpc) is 2.47. The quantitative estimate of drug-likeness (QED) is 0.843. The molecule has 0 N–H and O–H groups in total. The van der Waals surface area contributed by atoms with Crippen molar-refractivity contribution in [1.82, 2.24) is 14.9 Å². The lowest BCUT2D eigenvalue weighted by Gasteiger charge is -2.32. The fourth-order valence-electron chi connectivity index (χ4n) is 3.54. The summed E-state index contributed by atoms with van der Waals surface area (Å²) < 4.78 is 0. The third kappa shape index (κ3) is 3.20. The largest absolute Gasteiger partial charge is 0.297 e. The molecule has 0 amide bonds. The fourth-order valence-corrected chi connectivity index (χ4v) is 3.54. The molecular weight excluding hydrogens is 246 g/mol. The van der Waals surface area contributed by atoms with Crippen molar-refractivity contribution < 1.29 is 0 Å². The number of nitrogens with zero attached hydrogens (tertiary/aromatic N) is 3. The normalized spacial score (nSPS) is 21.1. The summed E-state index contributed by atoms with van der Waals surface area (Å²) >= 11 is 0. The van der Waals surface area contributed by atoms with E-state index >= 15 is 0 Å². The third-order valence-corrected chi connectivity index (χ3v) is 4.80. The number of fused-ring (bicyclic) bond motifs is 1. The molecule has 2 heterocycles. The van der Waals surface area contributed by atoms with Crippen LogP contribution in [0, 0.1) is 5.92 Å². The molecule has 1 saturated carbocycles. The Hall–Kier alpha value is -0.960. The molecule has 1 aromatic heterocycles. The van der Waals surface area contributed by atoms with Gasteiger partial charge in [0.2, 0.25) is 0 Å². The van der Waals surface area contributed by atoms with Crippen molar-refractivity contribution in [3.8, 4) is 0 Å². The first-order valence-electron chi connectivity index (χ1n) is 8.29. The van der Waals surface area contributed by atoms with Crippen LogP contribution in [0.2, 0.25) is 0 Å². The SMILES string of the molecule is CC(C)c1ncc2c(n1)CN(CC1CCCCC1)CC2. The van der Waals surface area contributed by atoms with E-state index in [1.165, 1.54) is 56.5 Å². The second-order valence-corrected chi connectivity index (χ2v) is 6.84. The summed E-state index contributed by atoms with van der Waals surface area (Å²) in [4.78, 5) is 11.9. The molecule has 3 heteroatoms. The van der Waals surface area contributed by atoms with E-state index in [0.717, 1.165) is 24.7 Å². The Labute approximate surface area is 122 Å². The molecule has 3 nitrogen and oxygen atoms in total. The molecule has 0 saturated heterocycles. The van der Waals surface area contributed by atoms with Gasteiger partial charge >= 0.3 is 0 Å². The number of hydrogen-bond donors (Lipinski definition) is 0. The summed E-state index contributed by atoms with van der Waals surface area (Å²) in [5.41, 5.74) is 2.65. The zero-order valence-electron chi connectivity index (χ0n) is 12.9. The highest BCUT2D eigenvalue weighted by Crippen LogP contribution is 2.26. The minimum absolute atomic E-state index is 0.425. The topological polar surface area (TPSA) is 29.0 Å². The molecule has 0 unspecified atom stereocenters. The minimum Gasteiger partial charge on any atom is -0.297 e. The average molecular weight is 273 g/mol. The molecular formula is C17H27N3. The van der Waals surface area contributed by atoms with Gasteiger partial charge in [-0.05, 0) is 30.7 Å². The van der Waals surface area contributed by atoms with Crippen molar-refractivity contribution in [2.24, 2.45) is 5.92 Å². The first-order valence-corrected chi connectivity index (χ1v) is 8.29. The van der Waals surface area contributed by atoms with Gasteiger partial charge in [0.1, 0.15) is 5.82 Å². The Morgan fingerprint density at radius 1 is 1.25 bits per heavy atom. The summed E-state index contributed by atoms with van der Waals surface area (Å²) in [6.45, 7) is 7.84. The molecule has 20 heavy (non-hydrogen) atoms. The maximum Gasteiger partial charge on any atom is 0.131 e. The van der Waals surface area contributed by atoms with Gasteiger partial charge in [-0.1, -0.05) is 33.1 Å². The van der Waals surface area contributed by atoms with E-state index in [1.807, 2.05) is 0 Å². The van der Waals surface area contributed by atoms with Crippen LogP contribution >= 0.6 is 0 Å². The van der Waals surface area contributed by atoms with Crippen LogP contribution in [0.1, 0.15) is 69.0 Å². The van der Waals surface area contributed by atoms with Crippen LogP contribution in [-0.2, 0) is 13.0 Å². The molecule has 3 rings (SSSR count). The molecule has 1 aliphatic carbocycles. The van der Waals surface area contributed by atoms with Crippen molar-refractivity contribution in [1.29, 1.82) is 0 Å². The highest BCUT2D eigenvalue weighted by atomic mass is 15.1. The van der Waals surface area contributed by atoms with Crippen molar-refractivity contribution in [3.05, 3.63) is 23.3 Å². The molecule has 0 bridgehead atoms. The lowest BCUT2D eigenvalue weighted by atomic mass is 9.88. The zero-order valence-corrected chi connectivity index (χ0v) is 12.9. The number of aromatic nitrogens is 2. The zero-order chi connectivity index (χ0) is 13.9. The van der Waals surface area contributed by atoms with Crippen LogP contribution in [0.5, 0.6) is 0 Å². The van der Waals surface area contributed by atoms with Crippen LogP contribution in [0.4, 0.5) is 0 Å². The Bertz CT molecular complexity index is 450. The molecule has 2 aliphatic rings. The number of rotatable bonds is 3. The molecule has 1 aromatic rings. The van der Waals surface area contributed by atoms with Gasteiger partial charge in [0, 0.05) is 31.7 Å². The van der Waals surface area contributed by atoms with E-state index in [2.05, 4.69) is 29.9 Å². The second-order valence-electron chi connectivity index (χ2n) is 6.84. The summed E-state index contributed by atoms with van der Waals surface area (Å²) in [6, 6.07) is 0. The highest BCUT2D eigenvalue weighted by Gasteiger charge is 2.22. The van der Waals surface area contributed by atoms with E-state index in [9.17, 15) is 0 Å². The van der Waals surface area contributed by atoms with Crippen LogP contribution in [0.3, 0.4) is 0 Å². The van der Waals surface area contributed by atoms with Crippen molar-refractivity contribution in [3.63, 3.8) is 0 Å². The Morgan fingerprint density at radius 3 is 2.80 bits per heavy atom. The van der Waals surface area contributed by atoms with Gasteiger partial charge in [-0.15, -0.1) is 0 Å². The first kappa shape index (κ1) is 14.0. The van der Waals surface area contributed by atoms with Crippen molar-refractivity contribution >= 4 is 0 Å². The standard InChI is InChI=1S/C17H27N3/c1-13(2)17-18-10-15-8-9-20(12-16(15)19-17)11-14-6-4-3-5-7-14/h10,13-14H,3-9,11-12H2,1-2H3. The predicted molar refractivity (Wildman–Crippen MR) is 81.7 cm³/mol. The maximum atomic E-state index is 4.80. The van der Waals surface area contributed by atoms with Crippen molar-refractivity contribution in [2.75, 3.05) is 13.1 Å². The van der Waals surface area contributed by atoms with Gasteiger partial charge in [0.05, 0.1) is 5.69 Å². The molecule has 1 aliphatic heterocycles. The van der Waals surface area contributed by atoms with E-state index in [4.69, 9.17) is 4.98 Å². The van der Waals surface area contributed by atoms with Crippen LogP contribution in [-0.4, -0.2) is 28.0 Å². The molecule has 1 fully saturated rings. The van der Waals surface area contributed by atoms with Gasteiger partial charge in [0.25, 0.3) is 0 Å². The molecule has 0 spiro atoms. The van der Waals surface area contributed by atoms with Crippen LogP contribution in [0.15, 0.2) is 6.20 Å². The summed E-state index contributed by atoms with van der Waals surface area (Å²) in [7, 11) is 0. The first-order chi connectivity index (χ1) is 9.72. The fraction of sp³-hybridized carbons (Fsp3) is 0.765. The summed E-state index contributed by atoms with van der Waals surface area (Å²) in [6.07, 6.45) is 10.4. The lowest BCUT2D eigenvalue weighted by molar-refractivity contribution is 0.184. The number of hydrogen-bond acceptors (Lipinski definition) is 3. The maximum absolute atomic E-state index is 4.80. The smallest absolute Gasteiger partial charge is 0.131 e. The van der Waals surface area contributed by atoms with Gasteiger partial charge in [-0.3, -0.25) is 4.90 Å². The van der Waals surface area contributed by atoms with Gasteiger partial charge in [-0.2, -0.15) is 0 Å². The lowest BCUT2D eigenvalue weighted by Crippen LogP contribution is -2.36. The van der Waals surface area contributed by atoms with E-state index in [-0.39, 0.29) is 0 Å². The molecule has 0 atom stereocenters. The Morgan fingerprint density at radius 2 is 2.05 bits per heavy atom. The summed E-state index contributed by atoms with van der Waals surface area (Å²) in [5, 5.41) is 0. The highest BCUT2D eigenvalue weighted by molar-refractivity contribution is 5.21. The van der Waals surface area contributed by atoms with Crippen LogP contribution in [0.25, 0.3) is 0 Å². The van der Waals surface area contributed by atoms with E-state index < -0.39 is 0 Å². The third-order valence-electron chi connectivity index (χ3n) is 4.80. The minimum atomic E-state index is 0.425. The van der Waals surface area contributed by atoms with E-state index in [1.54, 1.807) is 0 Å². The van der Waals surface area contributed by atoms with Crippen LogP contribution < -0.4 is 0 Å². The van der Waals surface area contributed by atoms with Crippen molar-refractivity contribution in [2.45, 2.75) is 64.8 Å². The van der Waals surface area contributed by atoms with Gasteiger partial charge in [-0.25, -0.2) is 9.97 Å². The van der Waals surface area contributed by atoms with E-state index in [0.29, 0.717) is 5.92 Å². The molecule has 110 valence electrons. The van der Waals surface area contributed by atoms with Gasteiger partial charge in [0.15, 0.2) is 0 Å². The molecule has 0 aromatic carbocycles. The summed E-state index contributed by atoms with van der Waals surface area (Å²) in [5.74, 6) is 2.36.